The maximum atomic E-state index is 16.7. The molecule has 0 radical (unpaired) electrons. The Labute approximate surface area is 315 Å². The smallest absolute Gasteiger partial charge is 0.319 e. The van der Waals surface area contributed by atoms with Gasteiger partial charge in [-0.05, 0) is 61.4 Å². The van der Waals surface area contributed by atoms with E-state index in [0.717, 1.165) is 48.0 Å². The van der Waals surface area contributed by atoms with Crippen molar-refractivity contribution in [3.05, 3.63) is 89.9 Å². The number of hydrogen-bond acceptors (Lipinski definition) is 11. The first-order valence-corrected chi connectivity index (χ1v) is 19.8. The fraction of sp³-hybridized carbons (Fsp3) is 0.316. The lowest BCUT2D eigenvalue weighted by Gasteiger charge is -2.34. The third-order valence-corrected chi connectivity index (χ3v) is 12.3. The number of anilines is 2. The molecule has 2 atom stereocenters. The molecule has 6 aromatic rings. The number of ether oxygens (including phenoxy) is 1. The second kappa shape index (κ2) is 13.9. The third kappa shape index (κ3) is 6.39. The monoisotopic (exact) mass is 767 g/mol. The van der Waals surface area contributed by atoms with Gasteiger partial charge >= 0.3 is 6.01 Å². The number of aromatic nitrogens is 6. The average molecular weight is 768 g/mol. The highest BCUT2D eigenvalue weighted by Crippen LogP contribution is 2.38. The van der Waals surface area contributed by atoms with Gasteiger partial charge in [0.05, 0.1) is 10.3 Å². The SMILES string of the molecule is O=C(COc1nc(N2CC3CCC(C2)N3)c2cnc(-c3cccc4cccc(Cl)c34)c(F)c2n1)Nc1ccc(S(=O)(=O)n2cnc(C3CCCC3)n2)cc1. The fourth-order valence-corrected chi connectivity index (χ4v) is 9.21. The molecule has 5 heterocycles. The Morgan fingerprint density at radius 3 is 2.46 bits per heavy atom. The van der Waals surface area contributed by atoms with Crippen LogP contribution in [0.25, 0.3) is 32.9 Å². The van der Waals surface area contributed by atoms with E-state index < -0.39 is 28.4 Å². The second-order valence-corrected chi connectivity index (χ2v) is 16.2. The minimum absolute atomic E-state index is 0.000259. The Bertz CT molecular complexity index is 2510. The molecule has 1 amide bonds. The van der Waals surface area contributed by atoms with Crippen LogP contribution >= 0.6 is 11.6 Å². The molecule has 276 valence electrons. The molecule has 2 N–H and O–H groups in total. The standard InChI is InChI=1S/C38H35ClFN9O4S/c39-30-10-4-8-22-7-3-9-28(32(22)30)34-33(40)35-29(17-41-34)37(48-18-25-11-12-26(19-48)43-25)46-38(45-35)53-20-31(50)44-24-13-15-27(16-14-24)54(51,52)49-21-42-36(47-49)23-5-1-2-6-23/h3-4,7-10,13-17,21,23,25-26,43H,1-2,5-6,11-12,18-20H2,(H,44,50). The van der Waals surface area contributed by atoms with Gasteiger partial charge in [0.25, 0.3) is 15.9 Å². The van der Waals surface area contributed by atoms with E-state index in [1.54, 1.807) is 18.3 Å². The molecule has 3 aromatic heterocycles. The van der Waals surface area contributed by atoms with Crippen molar-refractivity contribution in [1.29, 1.82) is 0 Å². The van der Waals surface area contributed by atoms with Crippen LogP contribution in [0.5, 0.6) is 6.01 Å². The van der Waals surface area contributed by atoms with Gasteiger partial charge in [-0.15, -0.1) is 9.19 Å². The highest BCUT2D eigenvalue weighted by Gasteiger charge is 2.34. The van der Waals surface area contributed by atoms with Crippen LogP contribution in [0.15, 0.2) is 78.1 Å². The highest BCUT2D eigenvalue weighted by molar-refractivity contribution is 7.89. The van der Waals surface area contributed by atoms with E-state index in [4.69, 9.17) is 16.3 Å². The maximum Gasteiger partial charge on any atom is 0.319 e. The maximum absolute atomic E-state index is 16.7. The van der Waals surface area contributed by atoms with Crippen LogP contribution in [0.3, 0.4) is 0 Å². The summed E-state index contributed by atoms with van der Waals surface area (Å²) < 4.78 is 49.8. The van der Waals surface area contributed by atoms with E-state index >= 15 is 4.39 Å². The number of carbonyl (C=O) groups is 1. The molecule has 16 heteroatoms. The number of benzene rings is 3. The molecule has 0 spiro atoms. The Hall–Kier alpha value is -5.25. The van der Waals surface area contributed by atoms with Crippen molar-refractivity contribution in [3.8, 4) is 17.3 Å². The number of hydrogen-bond donors (Lipinski definition) is 2. The van der Waals surface area contributed by atoms with Crippen LogP contribution < -0.4 is 20.3 Å². The number of piperazine rings is 1. The average Bonchev–Trinajstić information content (AvgIpc) is 3.96. The summed E-state index contributed by atoms with van der Waals surface area (Å²) in [7, 11) is -3.97. The predicted octanol–water partition coefficient (Wildman–Crippen LogP) is 6.08. The Morgan fingerprint density at radius 1 is 0.963 bits per heavy atom. The molecule has 2 unspecified atom stereocenters. The van der Waals surface area contributed by atoms with Crippen molar-refractivity contribution in [1.82, 2.24) is 34.4 Å². The number of halogens is 2. The zero-order chi connectivity index (χ0) is 37.0. The normalized spacial score (nSPS) is 18.8. The molecule has 2 aliphatic heterocycles. The summed E-state index contributed by atoms with van der Waals surface area (Å²) in [6.07, 6.45) is 8.93. The van der Waals surface area contributed by atoms with E-state index in [1.807, 2.05) is 24.3 Å². The summed E-state index contributed by atoms with van der Waals surface area (Å²) in [4.78, 5) is 33.1. The molecule has 3 aliphatic rings. The molecule has 54 heavy (non-hydrogen) atoms. The van der Waals surface area contributed by atoms with Crippen molar-refractivity contribution in [3.63, 3.8) is 0 Å². The molecule has 13 nitrogen and oxygen atoms in total. The van der Waals surface area contributed by atoms with E-state index in [9.17, 15) is 13.2 Å². The Morgan fingerprint density at radius 2 is 1.70 bits per heavy atom. The quantitative estimate of drug-likeness (QED) is 0.176. The Balaban J connectivity index is 0.968. The molecular formula is C38H35ClFN9O4S. The van der Waals surface area contributed by atoms with Gasteiger partial charge in [0.1, 0.15) is 23.4 Å². The number of carbonyl (C=O) groups excluding carboxylic acids is 1. The molecule has 3 aromatic carbocycles. The van der Waals surface area contributed by atoms with Crippen molar-refractivity contribution in [2.45, 2.75) is 61.4 Å². The first-order valence-electron chi connectivity index (χ1n) is 18.0. The summed E-state index contributed by atoms with van der Waals surface area (Å²) in [6, 6.07) is 17.1. The number of rotatable bonds is 9. The van der Waals surface area contributed by atoms with Crippen LogP contribution in [-0.4, -0.2) is 75.2 Å². The lowest BCUT2D eigenvalue weighted by atomic mass is 10.0. The molecule has 2 saturated heterocycles. The van der Waals surface area contributed by atoms with E-state index in [0.29, 0.717) is 51.8 Å². The van der Waals surface area contributed by atoms with E-state index in [2.05, 4.69) is 40.6 Å². The Kier molecular flexibility index (Phi) is 8.86. The van der Waals surface area contributed by atoms with Crippen molar-refractivity contribution in [2.75, 3.05) is 29.9 Å². The van der Waals surface area contributed by atoms with Gasteiger partial charge in [0, 0.05) is 58.9 Å². The number of nitrogens with zero attached hydrogens (tertiary/aromatic N) is 7. The van der Waals surface area contributed by atoms with Gasteiger partial charge in [0.15, 0.2) is 18.2 Å². The van der Waals surface area contributed by atoms with Gasteiger partial charge < -0.3 is 20.3 Å². The van der Waals surface area contributed by atoms with Crippen molar-refractivity contribution < 1.29 is 22.3 Å². The van der Waals surface area contributed by atoms with Gasteiger partial charge in [-0.3, -0.25) is 9.78 Å². The lowest BCUT2D eigenvalue weighted by Crippen LogP contribution is -2.51. The van der Waals surface area contributed by atoms with Crippen molar-refractivity contribution >= 4 is 60.7 Å². The largest absolute Gasteiger partial charge is 0.453 e. The highest BCUT2D eigenvalue weighted by atomic mass is 35.5. The van der Waals surface area contributed by atoms with E-state index in [1.165, 1.54) is 30.6 Å². The molecule has 1 saturated carbocycles. The van der Waals surface area contributed by atoms with Crippen LogP contribution in [0.4, 0.5) is 15.9 Å². The lowest BCUT2D eigenvalue weighted by molar-refractivity contribution is -0.118. The van der Waals surface area contributed by atoms with Crippen molar-refractivity contribution in [2.24, 2.45) is 0 Å². The topological polar surface area (TPSA) is 157 Å². The van der Waals surface area contributed by atoms with E-state index in [-0.39, 0.29) is 40.1 Å². The molecule has 1 aliphatic carbocycles. The van der Waals surface area contributed by atoms with Gasteiger partial charge in [-0.2, -0.15) is 18.4 Å². The number of nitrogens with one attached hydrogen (secondary N) is 2. The van der Waals surface area contributed by atoms with Gasteiger partial charge in [-0.1, -0.05) is 54.8 Å². The summed E-state index contributed by atoms with van der Waals surface area (Å²) in [5, 5.41) is 13.0. The zero-order valence-electron chi connectivity index (χ0n) is 29.0. The summed E-state index contributed by atoms with van der Waals surface area (Å²) in [5.41, 5.74) is 0.960. The second-order valence-electron chi connectivity index (χ2n) is 14.0. The number of fused-ring (bicyclic) bond motifs is 4. The summed E-state index contributed by atoms with van der Waals surface area (Å²) in [6.45, 7) is 0.837. The van der Waals surface area contributed by atoms with Crippen LogP contribution in [0, 0.1) is 5.82 Å². The number of pyridine rings is 1. The third-order valence-electron chi connectivity index (χ3n) is 10.5. The molecule has 9 rings (SSSR count). The summed E-state index contributed by atoms with van der Waals surface area (Å²) in [5.74, 6) is -0.0194. The fourth-order valence-electron chi connectivity index (χ4n) is 7.87. The summed E-state index contributed by atoms with van der Waals surface area (Å²) >= 11 is 6.59. The molecule has 3 fully saturated rings. The first kappa shape index (κ1) is 34.5. The molecule has 2 bridgehead atoms. The van der Waals surface area contributed by atoms with Gasteiger partial charge in [0.2, 0.25) is 0 Å². The number of amides is 1. The minimum Gasteiger partial charge on any atom is -0.453 e. The molecular weight excluding hydrogens is 733 g/mol. The minimum atomic E-state index is -3.97. The first-order chi connectivity index (χ1) is 26.2. The van der Waals surface area contributed by atoms with Crippen LogP contribution in [0.2, 0.25) is 5.02 Å². The van der Waals surface area contributed by atoms with Crippen LogP contribution in [-0.2, 0) is 14.8 Å². The van der Waals surface area contributed by atoms with Gasteiger partial charge in [-0.25, -0.2) is 9.37 Å². The van der Waals surface area contributed by atoms with Crippen LogP contribution in [0.1, 0.15) is 50.3 Å². The predicted molar refractivity (Wildman–Crippen MR) is 202 cm³/mol. The zero-order valence-corrected chi connectivity index (χ0v) is 30.5.